The molecule has 0 aliphatic heterocycles. The van der Waals surface area contributed by atoms with Crippen LogP contribution in [0.3, 0.4) is 0 Å². The second kappa shape index (κ2) is 7.16. The van der Waals surface area contributed by atoms with Gasteiger partial charge in [-0.1, -0.05) is 19.8 Å². The van der Waals surface area contributed by atoms with Gasteiger partial charge in [-0.25, -0.2) is 4.39 Å². The number of hydrogen-bond acceptors (Lipinski definition) is 2. The number of nitrogens with two attached hydrogens (primary N) is 1. The van der Waals surface area contributed by atoms with Gasteiger partial charge in [0.15, 0.2) is 5.11 Å². The largest absolute Gasteiger partial charge is 0.376 e. The summed E-state index contributed by atoms with van der Waals surface area (Å²) >= 11 is 4.71. The first kappa shape index (κ1) is 14.7. The molecule has 0 heterocycles. The Morgan fingerprint density at radius 2 is 2.17 bits per heavy atom. The molecule has 3 N–H and O–H groups in total. The fourth-order valence-corrected chi connectivity index (χ4v) is 1.87. The van der Waals surface area contributed by atoms with E-state index in [2.05, 4.69) is 12.2 Å². The molecule has 3 nitrogen and oxygen atoms in total. The van der Waals surface area contributed by atoms with Crippen LogP contribution >= 0.6 is 12.2 Å². The molecule has 5 heteroatoms. The van der Waals surface area contributed by atoms with E-state index in [0.29, 0.717) is 11.4 Å². The Hall–Kier alpha value is -1.36. The minimum atomic E-state index is -0.268. The number of rotatable bonds is 6. The van der Waals surface area contributed by atoms with E-state index in [-0.39, 0.29) is 10.9 Å². The standard InChI is InChI=1S/C13H20FN3S/c1-3-4-5-8-17(2)12-7-6-10(9-11(12)14)16-13(15)18/h6-7,9H,3-5,8H2,1-2H3,(H3,15,16,18). The zero-order valence-corrected chi connectivity index (χ0v) is 11.7. The summed E-state index contributed by atoms with van der Waals surface area (Å²) in [6.45, 7) is 3.00. The summed E-state index contributed by atoms with van der Waals surface area (Å²) in [7, 11) is 1.90. The number of unbranched alkanes of at least 4 members (excludes halogenated alkanes) is 2. The summed E-state index contributed by atoms with van der Waals surface area (Å²) in [5.41, 5.74) is 6.51. The van der Waals surface area contributed by atoms with Crippen molar-refractivity contribution in [2.75, 3.05) is 23.8 Å². The maximum Gasteiger partial charge on any atom is 0.168 e. The number of halogens is 1. The quantitative estimate of drug-likeness (QED) is 0.615. The average Bonchev–Trinajstić information content (AvgIpc) is 2.28. The van der Waals surface area contributed by atoms with E-state index in [9.17, 15) is 4.39 Å². The number of anilines is 2. The molecule has 1 aromatic carbocycles. The van der Waals surface area contributed by atoms with Crippen LogP contribution in [0.5, 0.6) is 0 Å². The number of thiocarbonyl (C=S) groups is 1. The van der Waals surface area contributed by atoms with Gasteiger partial charge in [-0.15, -0.1) is 0 Å². The summed E-state index contributed by atoms with van der Waals surface area (Å²) in [6, 6.07) is 4.92. The fraction of sp³-hybridized carbons (Fsp3) is 0.462. The predicted octanol–water partition coefficient (Wildman–Crippen LogP) is 3.11. The van der Waals surface area contributed by atoms with Crippen LogP contribution in [-0.2, 0) is 0 Å². The van der Waals surface area contributed by atoms with Crippen LogP contribution in [0.4, 0.5) is 15.8 Å². The van der Waals surface area contributed by atoms with Gasteiger partial charge in [-0.3, -0.25) is 0 Å². The molecule has 18 heavy (non-hydrogen) atoms. The van der Waals surface area contributed by atoms with Gasteiger partial charge in [0.25, 0.3) is 0 Å². The third kappa shape index (κ3) is 4.49. The molecule has 0 saturated carbocycles. The topological polar surface area (TPSA) is 41.3 Å². The summed E-state index contributed by atoms with van der Waals surface area (Å²) in [5.74, 6) is -0.268. The van der Waals surface area contributed by atoms with Crippen molar-refractivity contribution in [1.82, 2.24) is 0 Å². The average molecular weight is 269 g/mol. The molecule has 0 bridgehead atoms. The van der Waals surface area contributed by atoms with Gasteiger partial charge in [0.1, 0.15) is 5.82 Å². The van der Waals surface area contributed by atoms with Crippen molar-refractivity contribution in [2.45, 2.75) is 26.2 Å². The van der Waals surface area contributed by atoms with E-state index >= 15 is 0 Å². The van der Waals surface area contributed by atoms with E-state index in [1.54, 1.807) is 12.1 Å². The molecule has 100 valence electrons. The number of benzene rings is 1. The van der Waals surface area contributed by atoms with Crippen molar-refractivity contribution in [3.8, 4) is 0 Å². The highest BCUT2D eigenvalue weighted by Crippen LogP contribution is 2.22. The molecular formula is C13H20FN3S. The lowest BCUT2D eigenvalue weighted by Gasteiger charge is -2.20. The highest BCUT2D eigenvalue weighted by molar-refractivity contribution is 7.80. The number of hydrogen-bond donors (Lipinski definition) is 2. The van der Waals surface area contributed by atoms with Gasteiger partial charge in [0, 0.05) is 19.3 Å². The second-order valence-corrected chi connectivity index (χ2v) is 4.72. The number of nitrogens with zero attached hydrogens (tertiary/aromatic N) is 1. The molecular weight excluding hydrogens is 249 g/mol. The van der Waals surface area contributed by atoms with Crippen LogP contribution < -0.4 is 16.0 Å². The zero-order chi connectivity index (χ0) is 13.5. The molecule has 0 aromatic heterocycles. The Kier molecular flexibility index (Phi) is 5.85. The molecule has 0 fully saturated rings. The van der Waals surface area contributed by atoms with Crippen molar-refractivity contribution >= 4 is 28.7 Å². The van der Waals surface area contributed by atoms with Crippen molar-refractivity contribution in [1.29, 1.82) is 0 Å². The molecule has 0 aliphatic rings. The van der Waals surface area contributed by atoms with Crippen LogP contribution in [0.25, 0.3) is 0 Å². The molecule has 1 rings (SSSR count). The smallest absolute Gasteiger partial charge is 0.168 e. The zero-order valence-electron chi connectivity index (χ0n) is 10.9. The van der Waals surface area contributed by atoms with Crippen LogP contribution in [0, 0.1) is 5.82 Å². The minimum absolute atomic E-state index is 0.137. The third-order valence-electron chi connectivity index (χ3n) is 2.72. The van der Waals surface area contributed by atoms with Crippen LogP contribution in [0.1, 0.15) is 26.2 Å². The Labute approximate surface area is 113 Å². The summed E-state index contributed by atoms with van der Waals surface area (Å²) in [6.07, 6.45) is 3.39. The van der Waals surface area contributed by atoms with Crippen LogP contribution in [0.15, 0.2) is 18.2 Å². The van der Waals surface area contributed by atoms with E-state index in [0.717, 1.165) is 25.8 Å². The van der Waals surface area contributed by atoms with Crippen molar-refractivity contribution in [3.63, 3.8) is 0 Å². The Morgan fingerprint density at radius 3 is 2.72 bits per heavy atom. The van der Waals surface area contributed by atoms with Gasteiger partial charge in [-0.2, -0.15) is 0 Å². The molecule has 0 saturated heterocycles. The van der Waals surface area contributed by atoms with Gasteiger partial charge in [0.2, 0.25) is 0 Å². The Balaban J connectivity index is 2.69. The molecule has 0 aliphatic carbocycles. The van der Waals surface area contributed by atoms with E-state index in [1.165, 1.54) is 6.07 Å². The predicted molar refractivity (Wildman–Crippen MR) is 79.6 cm³/mol. The Bertz CT molecular complexity index is 409. The first-order valence-electron chi connectivity index (χ1n) is 6.11. The van der Waals surface area contributed by atoms with Crippen molar-refractivity contribution in [3.05, 3.63) is 24.0 Å². The maximum absolute atomic E-state index is 13.9. The van der Waals surface area contributed by atoms with Gasteiger partial charge < -0.3 is 16.0 Å². The van der Waals surface area contributed by atoms with Crippen LogP contribution in [-0.4, -0.2) is 18.7 Å². The van der Waals surface area contributed by atoms with E-state index in [4.69, 9.17) is 18.0 Å². The Morgan fingerprint density at radius 1 is 1.44 bits per heavy atom. The first-order valence-corrected chi connectivity index (χ1v) is 6.52. The lowest BCUT2D eigenvalue weighted by atomic mass is 10.2. The fourth-order valence-electron chi connectivity index (χ4n) is 1.76. The lowest BCUT2D eigenvalue weighted by molar-refractivity contribution is 0.618. The monoisotopic (exact) mass is 269 g/mol. The van der Waals surface area contributed by atoms with Gasteiger partial charge in [-0.05, 0) is 36.8 Å². The lowest BCUT2D eigenvalue weighted by Crippen LogP contribution is -2.21. The second-order valence-electron chi connectivity index (χ2n) is 4.28. The molecule has 1 aromatic rings. The maximum atomic E-state index is 13.9. The normalized spacial score (nSPS) is 10.2. The molecule has 0 radical (unpaired) electrons. The van der Waals surface area contributed by atoms with Crippen LogP contribution in [0.2, 0.25) is 0 Å². The summed E-state index contributed by atoms with van der Waals surface area (Å²) in [5, 5.41) is 2.85. The highest BCUT2D eigenvalue weighted by atomic mass is 32.1. The summed E-state index contributed by atoms with van der Waals surface area (Å²) < 4.78 is 13.9. The third-order valence-corrected chi connectivity index (χ3v) is 2.83. The molecule has 0 spiro atoms. The molecule has 0 atom stereocenters. The van der Waals surface area contributed by atoms with Gasteiger partial charge >= 0.3 is 0 Å². The molecule has 0 amide bonds. The van der Waals surface area contributed by atoms with E-state index in [1.807, 2.05) is 11.9 Å². The minimum Gasteiger partial charge on any atom is -0.376 e. The SMILES string of the molecule is CCCCCN(C)c1ccc(NC(N)=S)cc1F. The number of nitrogens with one attached hydrogen (secondary N) is 1. The van der Waals surface area contributed by atoms with Crippen molar-refractivity contribution < 1.29 is 4.39 Å². The van der Waals surface area contributed by atoms with Gasteiger partial charge in [0.05, 0.1) is 5.69 Å². The first-order chi connectivity index (χ1) is 8.54. The molecule has 0 unspecified atom stereocenters. The summed E-state index contributed by atoms with van der Waals surface area (Å²) in [4.78, 5) is 1.93. The highest BCUT2D eigenvalue weighted by Gasteiger charge is 2.08. The van der Waals surface area contributed by atoms with Crippen molar-refractivity contribution in [2.24, 2.45) is 5.73 Å². The van der Waals surface area contributed by atoms with E-state index < -0.39 is 0 Å².